The molecule has 2 rings (SSSR count). The second-order valence-corrected chi connectivity index (χ2v) is 4.48. The molecule has 3 unspecified atom stereocenters. The SMILES string of the molecule is CCCC1CC1N1CNC(CC)C1=O. The summed E-state index contributed by atoms with van der Waals surface area (Å²) in [5.41, 5.74) is 0. The lowest BCUT2D eigenvalue weighted by molar-refractivity contribution is -0.129. The summed E-state index contributed by atoms with van der Waals surface area (Å²) in [5, 5.41) is 3.27. The van der Waals surface area contributed by atoms with E-state index in [-0.39, 0.29) is 6.04 Å². The molecule has 1 aliphatic heterocycles. The van der Waals surface area contributed by atoms with Crippen molar-refractivity contribution >= 4 is 5.91 Å². The van der Waals surface area contributed by atoms with Crippen LogP contribution in [0.2, 0.25) is 0 Å². The summed E-state index contributed by atoms with van der Waals surface area (Å²) in [5.74, 6) is 1.12. The molecular formula is C11H20N2O. The van der Waals surface area contributed by atoms with E-state index in [1.54, 1.807) is 0 Å². The molecule has 1 saturated heterocycles. The second kappa shape index (κ2) is 3.89. The molecule has 0 aromatic carbocycles. The minimum absolute atomic E-state index is 0.0953. The number of hydrogen-bond donors (Lipinski definition) is 1. The van der Waals surface area contributed by atoms with Crippen LogP contribution in [0.5, 0.6) is 0 Å². The van der Waals surface area contributed by atoms with Crippen molar-refractivity contribution in [3.63, 3.8) is 0 Å². The van der Waals surface area contributed by atoms with Crippen molar-refractivity contribution in [2.75, 3.05) is 6.67 Å². The Morgan fingerprint density at radius 2 is 2.29 bits per heavy atom. The van der Waals surface area contributed by atoms with Crippen molar-refractivity contribution < 1.29 is 4.79 Å². The van der Waals surface area contributed by atoms with Gasteiger partial charge < -0.3 is 4.90 Å². The summed E-state index contributed by atoms with van der Waals surface area (Å²) >= 11 is 0. The molecule has 0 aromatic rings. The predicted octanol–water partition coefficient (Wildman–Crippen LogP) is 1.34. The van der Waals surface area contributed by atoms with Crippen molar-refractivity contribution in [1.29, 1.82) is 0 Å². The molecule has 14 heavy (non-hydrogen) atoms. The number of nitrogens with zero attached hydrogens (tertiary/aromatic N) is 1. The third kappa shape index (κ3) is 1.65. The van der Waals surface area contributed by atoms with Gasteiger partial charge in [-0.15, -0.1) is 0 Å². The van der Waals surface area contributed by atoms with E-state index in [9.17, 15) is 4.79 Å². The van der Waals surface area contributed by atoms with Crippen LogP contribution in [0.25, 0.3) is 0 Å². The molecule has 3 atom stereocenters. The predicted molar refractivity (Wildman–Crippen MR) is 55.7 cm³/mol. The van der Waals surface area contributed by atoms with Crippen LogP contribution >= 0.6 is 0 Å². The largest absolute Gasteiger partial charge is 0.325 e. The number of carbonyl (C=O) groups excluding carboxylic acids is 1. The number of rotatable bonds is 4. The smallest absolute Gasteiger partial charge is 0.241 e. The van der Waals surface area contributed by atoms with Gasteiger partial charge in [0.25, 0.3) is 0 Å². The topological polar surface area (TPSA) is 32.3 Å². The standard InChI is InChI=1S/C11H20N2O/c1-3-5-8-6-10(8)13-7-12-9(4-2)11(13)14/h8-10,12H,3-7H2,1-2H3. The molecule has 1 saturated carbocycles. The minimum atomic E-state index is 0.0953. The molecule has 0 bridgehead atoms. The van der Waals surface area contributed by atoms with Gasteiger partial charge in [0.05, 0.1) is 12.7 Å². The van der Waals surface area contributed by atoms with E-state index >= 15 is 0 Å². The fourth-order valence-electron chi connectivity index (χ4n) is 2.47. The van der Waals surface area contributed by atoms with Gasteiger partial charge >= 0.3 is 0 Å². The molecule has 1 aliphatic carbocycles. The normalized spacial score (nSPS) is 36.6. The molecule has 3 nitrogen and oxygen atoms in total. The summed E-state index contributed by atoms with van der Waals surface area (Å²) in [4.78, 5) is 13.9. The molecule has 0 aromatic heterocycles. The van der Waals surface area contributed by atoms with Crippen molar-refractivity contribution in [3.05, 3.63) is 0 Å². The van der Waals surface area contributed by atoms with Crippen molar-refractivity contribution in [1.82, 2.24) is 10.2 Å². The van der Waals surface area contributed by atoms with Crippen LogP contribution in [0.3, 0.4) is 0 Å². The average molecular weight is 196 g/mol. The van der Waals surface area contributed by atoms with Crippen LogP contribution < -0.4 is 5.32 Å². The fourth-order valence-corrected chi connectivity index (χ4v) is 2.47. The van der Waals surface area contributed by atoms with Gasteiger partial charge in [-0.25, -0.2) is 0 Å². The first-order chi connectivity index (χ1) is 6.77. The highest BCUT2D eigenvalue weighted by atomic mass is 16.2. The lowest BCUT2D eigenvalue weighted by Crippen LogP contribution is -2.32. The Kier molecular flexibility index (Phi) is 2.77. The summed E-state index contributed by atoms with van der Waals surface area (Å²) in [6.45, 7) is 5.06. The van der Waals surface area contributed by atoms with Gasteiger partial charge in [-0.3, -0.25) is 10.1 Å². The average Bonchev–Trinajstić information content (AvgIpc) is 2.83. The number of hydrogen-bond acceptors (Lipinski definition) is 2. The molecular weight excluding hydrogens is 176 g/mol. The summed E-state index contributed by atoms with van der Waals surface area (Å²) < 4.78 is 0. The Hall–Kier alpha value is -0.570. The monoisotopic (exact) mass is 196 g/mol. The van der Waals surface area contributed by atoms with E-state index in [2.05, 4.69) is 24.1 Å². The Morgan fingerprint density at radius 3 is 2.86 bits per heavy atom. The second-order valence-electron chi connectivity index (χ2n) is 4.48. The zero-order chi connectivity index (χ0) is 10.1. The third-order valence-electron chi connectivity index (χ3n) is 3.44. The Balaban J connectivity index is 1.86. The van der Waals surface area contributed by atoms with E-state index in [4.69, 9.17) is 0 Å². The fraction of sp³-hybridized carbons (Fsp3) is 0.909. The van der Waals surface area contributed by atoms with Crippen molar-refractivity contribution in [2.45, 2.75) is 51.6 Å². The van der Waals surface area contributed by atoms with Gasteiger partial charge in [-0.1, -0.05) is 20.3 Å². The molecule has 1 N–H and O–H groups in total. The summed E-state index contributed by atoms with van der Waals surface area (Å²) in [6.07, 6.45) is 4.68. The van der Waals surface area contributed by atoms with E-state index in [1.165, 1.54) is 19.3 Å². The Bertz CT molecular complexity index is 229. The maximum Gasteiger partial charge on any atom is 0.241 e. The van der Waals surface area contributed by atoms with E-state index in [0.29, 0.717) is 11.9 Å². The summed E-state index contributed by atoms with van der Waals surface area (Å²) in [7, 11) is 0. The molecule has 80 valence electrons. The first kappa shape index (κ1) is 9.97. The number of carbonyl (C=O) groups is 1. The van der Waals surface area contributed by atoms with Crippen LogP contribution in [0.1, 0.15) is 39.5 Å². The zero-order valence-corrected chi connectivity index (χ0v) is 9.12. The van der Waals surface area contributed by atoms with Crippen LogP contribution in [-0.2, 0) is 4.79 Å². The molecule has 2 fully saturated rings. The van der Waals surface area contributed by atoms with Gasteiger partial charge in [0.15, 0.2) is 0 Å². The highest BCUT2D eigenvalue weighted by molar-refractivity contribution is 5.84. The van der Waals surface area contributed by atoms with Crippen molar-refractivity contribution in [3.8, 4) is 0 Å². The summed E-state index contributed by atoms with van der Waals surface area (Å²) in [6, 6.07) is 0.657. The van der Waals surface area contributed by atoms with Crippen LogP contribution in [-0.4, -0.2) is 29.6 Å². The van der Waals surface area contributed by atoms with Gasteiger partial charge in [-0.2, -0.15) is 0 Å². The quantitative estimate of drug-likeness (QED) is 0.736. The van der Waals surface area contributed by atoms with Gasteiger partial charge in [0.2, 0.25) is 5.91 Å². The molecule has 0 spiro atoms. The highest BCUT2D eigenvalue weighted by Crippen LogP contribution is 2.40. The molecule has 2 aliphatic rings. The van der Waals surface area contributed by atoms with Crippen molar-refractivity contribution in [2.24, 2.45) is 5.92 Å². The van der Waals surface area contributed by atoms with Gasteiger partial charge in [0, 0.05) is 6.04 Å². The van der Waals surface area contributed by atoms with Crippen LogP contribution in [0, 0.1) is 5.92 Å². The zero-order valence-electron chi connectivity index (χ0n) is 9.12. The van der Waals surface area contributed by atoms with E-state index in [0.717, 1.165) is 19.0 Å². The van der Waals surface area contributed by atoms with E-state index < -0.39 is 0 Å². The Morgan fingerprint density at radius 1 is 1.50 bits per heavy atom. The third-order valence-corrected chi connectivity index (χ3v) is 3.44. The van der Waals surface area contributed by atoms with Gasteiger partial charge in [-0.05, 0) is 25.2 Å². The van der Waals surface area contributed by atoms with Gasteiger partial charge in [0.1, 0.15) is 0 Å². The highest BCUT2D eigenvalue weighted by Gasteiger charge is 2.46. The van der Waals surface area contributed by atoms with Crippen LogP contribution in [0.15, 0.2) is 0 Å². The first-order valence-corrected chi connectivity index (χ1v) is 5.81. The first-order valence-electron chi connectivity index (χ1n) is 5.81. The van der Waals surface area contributed by atoms with E-state index in [1.807, 2.05) is 0 Å². The molecule has 1 amide bonds. The minimum Gasteiger partial charge on any atom is -0.325 e. The molecule has 0 radical (unpaired) electrons. The maximum absolute atomic E-state index is 11.8. The number of amides is 1. The molecule has 1 heterocycles. The van der Waals surface area contributed by atoms with Crippen LogP contribution in [0.4, 0.5) is 0 Å². The molecule has 3 heteroatoms. The maximum atomic E-state index is 11.8. The lowest BCUT2D eigenvalue weighted by Gasteiger charge is -2.14. The Labute approximate surface area is 85.8 Å². The number of nitrogens with one attached hydrogen (secondary N) is 1. The lowest BCUT2D eigenvalue weighted by atomic mass is 10.2.